The van der Waals surface area contributed by atoms with Gasteiger partial charge in [0.2, 0.25) is 0 Å². The van der Waals surface area contributed by atoms with Gasteiger partial charge < -0.3 is 10.5 Å². The Labute approximate surface area is 78.7 Å². The lowest BCUT2D eigenvalue weighted by molar-refractivity contribution is 0.469. The maximum Gasteiger partial charge on any atom is 0.128 e. The fraction of sp³-hybridized carbons (Fsp3) is 0.364. The number of aryl methyl sites for hydroxylation is 2. The molecule has 1 aromatic carbocycles. The first-order valence-corrected chi connectivity index (χ1v) is 4.30. The van der Waals surface area contributed by atoms with Crippen molar-refractivity contribution in [2.45, 2.75) is 27.7 Å². The molecule has 70 valence electrons. The third kappa shape index (κ3) is 1.57. The molecule has 0 aliphatic carbocycles. The Morgan fingerprint density at radius 1 is 1.23 bits per heavy atom. The Balaban J connectivity index is 3.53. The molecule has 13 heavy (non-hydrogen) atoms. The van der Waals surface area contributed by atoms with E-state index < -0.39 is 0 Å². The van der Waals surface area contributed by atoms with Gasteiger partial charge in [-0.25, -0.2) is 0 Å². The molecule has 1 rings (SSSR count). The fourth-order valence-electron chi connectivity index (χ4n) is 1.54. The molecule has 2 heteroatoms. The van der Waals surface area contributed by atoms with Gasteiger partial charge in [-0.15, -0.1) is 0 Å². The lowest BCUT2D eigenvalue weighted by Gasteiger charge is -2.11. The summed E-state index contributed by atoms with van der Waals surface area (Å²) >= 11 is 0. The van der Waals surface area contributed by atoms with Crippen molar-refractivity contribution in [1.82, 2.24) is 0 Å². The highest BCUT2D eigenvalue weighted by molar-refractivity contribution is 6.00. The van der Waals surface area contributed by atoms with Crippen molar-refractivity contribution in [2.24, 2.45) is 0 Å². The van der Waals surface area contributed by atoms with E-state index in [9.17, 15) is 5.11 Å². The van der Waals surface area contributed by atoms with Gasteiger partial charge in [-0.1, -0.05) is 6.07 Å². The molecular formula is C11H15NO. The molecule has 0 aliphatic heterocycles. The number of hydrogen-bond donors (Lipinski definition) is 2. The molecule has 0 saturated heterocycles. The first-order valence-electron chi connectivity index (χ1n) is 4.30. The molecule has 0 saturated carbocycles. The lowest BCUT2D eigenvalue weighted by Crippen LogP contribution is -1.99. The van der Waals surface area contributed by atoms with Crippen molar-refractivity contribution in [3.05, 3.63) is 28.3 Å². The summed E-state index contributed by atoms with van der Waals surface area (Å²) in [6, 6.07) is 2.00. The quantitative estimate of drug-likeness (QED) is 0.636. The fourth-order valence-corrected chi connectivity index (χ4v) is 1.54. The lowest BCUT2D eigenvalue weighted by atomic mass is 9.97. The number of rotatable bonds is 1. The average molecular weight is 177 g/mol. The van der Waals surface area contributed by atoms with Crippen LogP contribution < -0.4 is 0 Å². The third-order valence-electron chi connectivity index (χ3n) is 2.39. The van der Waals surface area contributed by atoms with E-state index in [1.807, 2.05) is 26.8 Å². The van der Waals surface area contributed by atoms with Crippen LogP contribution in [0.4, 0.5) is 0 Å². The van der Waals surface area contributed by atoms with Crippen molar-refractivity contribution in [3.63, 3.8) is 0 Å². The second kappa shape index (κ2) is 3.21. The summed E-state index contributed by atoms with van der Waals surface area (Å²) in [5.74, 6) is 0.255. The van der Waals surface area contributed by atoms with Gasteiger partial charge >= 0.3 is 0 Å². The number of phenolic OH excluding ortho intramolecular Hbond substituents is 1. The second-order valence-electron chi connectivity index (χ2n) is 3.48. The second-order valence-corrected chi connectivity index (χ2v) is 3.48. The van der Waals surface area contributed by atoms with E-state index in [1.165, 1.54) is 0 Å². The molecule has 0 unspecified atom stereocenters. The minimum absolute atomic E-state index is 0.255. The van der Waals surface area contributed by atoms with Gasteiger partial charge in [0.05, 0.1) is 0 Å². The maximum absolute atomic E-state index is 9.79. The molecule has 0 aliphatic rings. The van der Waals surface area contributed by atoms with Gasteiger partial charge in [0.15, 0.2) is 0 Å². The van der Waals surface area contributed by atoms with Crippen LogP contribution in [0, 0.1) is 26.2 Å². The molecule has 0 amide bonds. The zero-order chi connectivity index (χ0) is 10.2. The number of aromatic hydroxyl groups is 1. The van der Waals surface area contributed by atoms with Crippen molar-refractivity contribution in [1.29, 1.82) is 5.41 Å². The Morgan fingerprint density at radius 3 is 2.23 bits per heavy atom. The number of phenols is 1. The molecule has 2 N–H and O–H groups in total. The van der Waals surface area contributed by atoms with Gasteiger partial charge in [-0.05, 0) is 44.4 Å². The highest BCUT2D eigenvalue weighted by atomic mass is 16.3. The van der Waals surface area contributed by atoms with Crippen molar-refractivity contribution < 1.29 is 5.11 Å². The van der Waals surface area contributed by atoms with Crippen molar-refractivity contribution >= 4 is 5.71 Å². The van der Waals surface area contributed by atoms with Gasteiger partial charge in [0.25, 0.3) is 0 Å². The summed E-state index contributed by atoms with van der Waals surface area (Å²) < 4.78 is 0. The van der Waals surface area contributed by atoms with Crippen LogP contribution >= 0.6 is 0 Å². The summed E-state index contributed by atoms with van der Waals surface area (Å²) in [5.41, 5.74) is 3.99. The normalized spacial score (nSPS) is 10.2. The summed E-state index contributed by atoms with van der Waals surface area (Å²) in [4.78, 5) is 0. The van der Waals surface area contributed by atoms with E-state index in [-0.39, 0.29) is 5.75 Å². The number of benzene rings is 1. The SMILES string of the molecule is CC(=N)c1c(C)cc(C)c(C)c1O. The Kier molecular flexibility index (Phi) is 2.41. The Bertz CT molecular complexity index is 367. The van der Waals surface area contributed by atoms with Crippen LogP contribution in [0.15, 0.2) is 6.07 Å². The van der Waals surface area contributed by atoms with Gasteiger partial charge in [0.1, 0.15) is 5.75 Å². The van der Waals surface area contributed by atoms with Gasteiger partial charge in [-0.2, -0.15) is 0 Å². The van der Waals surface area contributed by atoms with E-state index in [0.717, 1.165) is 16.7 Å². The van der Waals surface area contributed by atoms with E-state index in [0.29, 0.717) is 11.3 Å². The Morgan fingerprint density at radius 2 is 1.77 bits per heavy atom. The largest absolute Gasteiger partial charge is 0.507 e. The zero-order valence-corrected chi connectivity index (χ0v) is 8.52. The number of nitrogens with one attached hydrogen (secondary N) is 1. The summed E-state index contributed by atoms with van der Waals surface area (Å²) in [5, 5.41) is 17.3. The molecule has 0 atom stereocenters. The topological polar surface area (TPSA) is 44.1 Å². The predicted octanol–water partition coefficient (Wildman–Crippen LogP) is 2.71. The van der Waals surface area contributed by atoms with Gasteiger partial charge in [-0.3, -0.25) is 0 Å². The standard InChI is InChI=1S/C11H15NO/c1-6-5-7(2)10(9(4)12)11(13)8(6)3/h5,12-13H,1-4H3. The summed E-state index contributed by atoms with van der Waals surface area (Å²) in [6.07, 6.45) is 0. The highest BCUT2D eigenvalue weighted by Crippen LogP contribution is 2.28. The molecule has 0 radical (unpaired) electrons. The molecule has 0 fully saturated rings. The summed E-state index contributed by atoms with van der Waals surface area (Å²) in [6.45, 7) is 7.44. The maximum atomic E-state index is 9.79. The molecule has 0 bridgehead atoms. The van der Waals surface area contributed by atoms with Crippen LogP contribution in [-0.4, -0.2) is 10.8 Å². The van der Waals surface area contributed by atoms with Gasteiger partial charge in [0, 0.05) is 11.3 Å². The monoisotopic (exact) mass is 177 g/mol. The van der Waals surface area contributed by atoms with Crippen LogP contribution in [0.1, 0.15) is 29.2 Å². The molecule has 0 heterocycles. The van der Waals surface area contributed by atoms with Crippen molar-refractivity contribution in [3.8, 4) is 5.75 Å². The highest BCUT2D eigenvalue weighted by Gasteiger charge is 2.11. The Hall–Kier alpha value is -1.31. The molecule has 0 aromatic heterocycles. The van der Waals surface area contributed by atoms with Crippen LogP contribution in [0.5, 0.6) is 5.75 Å². The van der Waals surface area contributed by atoms with E-state index in [2.05, 4.69) is 0 Å². The zero-order valence-electron chi connectivity index (χ0n) is 8.52. The van der Waals surface area contributed by atoms with Crippen molar-refractivity contribution in [2.75, 3.05) is 0 Å². The predicted molar refractivity (Wildman–Crippen MR) is 54.8 cm³/mol. The van der Waals surface area contributed by atoms with E-state index >= 15 is 0 Å². The van der Waals surface area contributed by atoms with Crippen LogP contribution in [0.25, 0.3) is 0 Å². The van der Waals surface area contributed by atoms with Crippen LogP contribution in [-0.2, 0) is 0 Å². The van der Waals surface area contributed by atoms with E-state index in [4.69, 9.17) is 5.41 Å². The molecule has 1 aromatic rings. The first-order chi connectivity index (χ1) is 5.95. The van der Waals surface area contributed by atoms with Crippen LogP contribution in [0.2, 0.25) is 0 Å². The molecule has 2 nitrogen and oxygen atoms in total. The molecular weight excluding hydrogens is 162 g/mol. The third-order valence-corrected chi connectivity index (χ3v) is 2.39. The molecule has 0 spiro atoms. The number of hydrogen-bond acceptors (Lipinski definition) is 2. The smallest absolute Gasteiger partial charge is 0.128 e. The van der Waals surface area contributed by atoms with Crippen LogP contribution in [0.3, 0.4) is 0 Å². The van der Waals surface area contributed by atoms with E-state index in [1.54, 1.807) is 6.92 Å². The average Bonchev–Trinajstić information content (AvgIpc) is 1.99. The summed E-state index contributed by atoms with van der Waals surface area (Å²) in [7, 11) is 0. The minimum Gasteiger partial charge on any atom is -0.507 e. The first kappa shape index (κ1) is 9.78. The minimum atomic E-state index is 0.255.